The zero-order valence-electron chi connectivity index (χ0n) is 15.2. The lowest BCUT2D eigenvalue weighted by Crippen LogP contribution is -2.47. The van der Waals surface area contributed by atoms with Gasteiger partial charge in [-0.25, -0.2) is 4.98 Å². The van der Waals surface area contributed by atoms with Gasteiger partial charge in [0.05, 0.1) is 11.6 Å². The first kappa shape index (κ1) is 16.6. The second-order valence-corrected chi connectivity index (χ2v) is 6.99. The number of hydrogen-bond acceptors (Lipinski definition) is 6. The van der Waals surface area contributed by atoms with E-state index in [0.29, 0.717) is 0 Å². The van der Waals surface area contributed by atoms with Crippen LogP contribution in [0.15, 0.2) is 30.5 Å². The summed E-state index contributed by atoms with van der Waals surface area (Å²) in [6.07, 6.45) is 4.39. The van der Waals surface area contributed by atoms with Crippen LogP contribution in [0.5, 0.6) is 0 Å². The third kappa shape index (κ3) is 3.30. The van der Waals surface area contributed by atoms with E-state index in [1.165, 1.54) is 18.5 Å². The summed E-state index contributed by atoms with van der Waals surface area (Å²) in [6, 6.07) is 10.3. The van der Waals surface area contributed by atoms with Gasteiger partial charge >= 0.3 is 0 Å². The number of aryl methyl sites for hydroxylation is 1. The first-order valence-electron chi connectivity index (χ1n) is 9.33. The van der Waals surface area contributed by atoms with Crippen molar-refractivity contribution < 1.29 is 0 Å². The average Bonchev–Trinajstić information content (AvgIpc) is 3.23. The van der Waals surface area contributed by atoms with Gasteiger partial charge in [-0.2, -0.15) is 10.2 Å². The maximum Gasteiger partial charge on any atom is 0.227 e. The number of rotatable bonds is 3. The van der Waals surface area contributed by atoms with E-state index in [1.54, 1.807) is 0 Å². The van der Waals surface area contributed by atoms with Crippen molar-refractivity contribution in [3.05, 3.63) is 41.6 Å². The molecule has 0 spiro atoms. The van der Waals surface area contributed by atoms with E-state index in [2.05, 4.69) is 31.8 Å². The highest BCUT2D eigenvalue weighted by molar-refractivity contribution is 5.55. The van der Waals surface area contributed by atoms with Crippen LogP contribution >= 0.6 is 0 Å². The van der Waals surface area contributed by atoms with Crippen LogP contribution in [-0.2, 0) is 0 Å². The largest absolute Gasteiger partial charge is 0.368 e. The lowest BCUT2D eigenvalue weighted by molar-refractivity contribution is 0.639. The Morgan fingerprint density at radius 3 is 2.35 bits per heavy atom. The topological polar surface area (TPSA) is 59.3 Å². The Bertz CT molecular complexity index is 813. The Morgan fingerprint density at radius 1 is 0.923 bits per heavy atom. The van der Waals surface area contributed by atoms with Crippen LogP contribution in [0.4, 0.5) is 17.5 Å². The van der Waals surface area contributed by atoms with Gasteiger partial charge in [-0.3, -0.25) is 0 Å². The van der Waals surface area contributed by atoms with Crippen LogP contribution in [0.25, 0.3) is 0 Å². The highest BCUT2D eigenvalue weighted by atomic mass is 15.3. The highest BCUT2D eigenvalue weighted by Crippen LogP contribution is 2.23. The summed E-state index contributed by atoms with van der Waals surface area (Å²) in [5.74, 6) is 1.89. The fourth-order valence-electron chi connectivity index (χ4n) is 3.75. The van der Waals surface area contributed by atoms with E-state index < -0.39 is 0 Å². The van der Waals surface area contributed by atoms with Crippen LogP contribution < -0.4 is 14.7 Å². The molecule has 6 nitrogen and oxygen atoms in total. The van der Waals surface area contributed by atoms with E-state index in [1.807, 2.05) is 31.3 Å². The smallest absolute Gasteiger partial charge is 0.227 e. The minimum Gasteiger partial charge on any atom is -0.368 e. The molecule has 2 aromatic rings. The maximum absolute atomic E-state index is 9.09. The Kier molecular flexibility index (Phi) is 4.61. The van der Waals surface area contributed by atoms with Crippen molar-refractivity contribution in [1.29, 1.82) is 5.26 Å². The fourth-order valence-corrected chi connectivity index (χ4v) is 3.75. The Morgan fingerprint density at radius 2 is 1.65 bits per heavy atom. The van der Waals surface area contributed by atoms with E-state index in [-0.39, 0.29) is 0 Å². The zero-order valence-corrected chi connectivity index (χ0v) is 15.2. The van der Waals surface area contributed by atoms with Gasteiger partial charge in [0.25, 0.3) is 0 Å². The summed E-state index contributed by atoms with van der Waals surface area (Å²) in [5.41, 5.74) is 2.97. The van der Waals surface area contributed by atoms with Crippen LogP contribution in [0.1, 0.15) is 24.0 Å². The molecule has 1 aromatic carbocycles. The number of anilines is 3. The third-order valence-corrected chi connectivity index (χ3v) is 5.32. The zero-order chi connectivity index (χ0) is 17.9. The molecule has 0 N–H and O–H groups in total. The Hall–Kier alpha value is -2.81. The molecule has 134 valence electrons. The highest BCUT2D eigenvalue weighted by Gasteiger charge is 2.21. The van der Waals surface area contributed by atoms with Crippen molar-refractivity contribution in [1.82, 2.24) is 9.97 Å². The summed E-state index contributed by atoms with van der Waals surface area (Å²) in [4.78, 5) is 16.3. The molecule has 2 fully saturated rings. The second-order valence-electron chi connectivity index (χ2n) is 6.99. The Balaban J connectivity index is 1.43. The fraction of sp³-hybridized carbons (Fsp3) is 0.450. The van der Waals surface area contributed by atoms with Gasteiger partial charge in [-0.15, -0.1) is 0 Å². The number of piperazine rings is 1. The monoisotopic (exact) mass is 348 g/mol. The quantitative estimate of drug-likeness (QED) is 0.850. The molecule has 0 radical (unpaired) electrons. The minimum absolute atomic E-state index is 0.750. The van der Waals surface area contributed by atoms with Crippen molar-refractivity contribution in [2.24, 2.45) is 0 Å². The van der Waals surface area contributed by atoms with Gasteiger partial charge in [-0.1, -0.05) is 0 Å². The van der Waals surface area contributed by atoms with Crippen LogP contribution in [-0.4, -0.2) is 49.2 Å². The number of nitrogens with zero attached hydrogens (tertiary/aromatic N) is 6. The standard InChI is InChI=1S/C20H24N6/c1-16-14-18(5-4-17(16)15-21)24-10-12-26(13-11-24)20-22-7-6-19(23-20)25-8-2-3-9-25/h4-7,14H,2-3,8-13H2,1H3. The molecule has 0 amide bonds. The molecule has 2 aliphatic heterocycles. The first-order chi connectivity index (χ1) is 12.7. The first-order valence-corrected chi connectivity index (χ1v) is 9.33. The summed E-state index contributed by atoms with van der Waals surface area (Å²) < 4.78 is 0. The lowest BCUT2D eigenvalue weighted by Gasteiger charge is -2.36. The number of aromatic nitrogens is 2. The summed E-state index contributed by atoms with van der Waals surface area (Å²) >= 11 is 0. The van der Waals surface area contributed by atoms with Crippen molar-refractivity contribution in [3.63, 3.8) is 0 Å². The molecule has 0 bridgehead atoms. The molecule has 0 aliphatic carbocycles. The van der Waals surface area contributed by atoms with Crippen LogP contribution in [0, 0.1) is 18.3 Å². The van der Waals surface area contributed by atoms with Crippen LogP contribution in [0.2, 0.25) is 0 Å². The van der Waals surface area contributed by atoms with Gasteiger partial charge in [0.2, 0.25) is 5.95 Å². The molecule has 3 heterocycles. The molecule has 4 rings (SSSR count). The molecular formula is C20H24N6. The second kappa shape index (κ2) is 7.20. The Labute approximate surface area is 154 Å². The van der Waals surface area contributed by atoms with Gasteiger partial charge in [-0.05, 0) is 49.6 Å². The van der Waals surface area contributed by atoms with Crippen molar-refractivity contribution in [2.45, 2.75) is 19.8 Å². The van der Waals surface area contributed by atoms with Crippen molar-refractivity contribution in [2.75, 3.05) is 54.0 Å². The SMILES string of the molecule is Cc1cc(N2CCN(c3nccc(N4CCCC4)n3)CC2)ccc1C#N. The van der Waals surface area contributed by atoms with Gasteiger partial charge in [0, 0.05) is 51.2 Å². The average molecular weight is 348 g/mol. The predicted molar refractivity (Wildman–Crippen MR) is 104 cm³/mol. The van der Waals surface area contributed by atoms with Crippen molar-refractivity contribution in [3.8, 4) is 6.07 Å². The van der Waals surface area contributed by atoms with Crippen LogP contribution in [0.3, 0.4) is 0 Å². The molecule has 0 saturated carbocycles. The van der Waals surface area contributed by atoms with Gasteiger partial charge in [0.1, 0.15) is 5.82 Å². The molecule has 0 unspecified atom stereocenters. The molecule has 2 saturated heterocycles. The number of benzene rings is 1. The molecule has 1 aromatic heterocycles. The van der Waals surface area contributed by atoms with Gasteiger partial charge in [0.15, 0.2) is 0 Å². The molecule has 26 heavy (non-hydrogen) atoms. The maximum atomic E-state index is 9.09. The van der Waals surface area contributed by atoms with E-state index in [9.17, 15) is 0 Å². The predicted octanol–water partition coefficient (Wildman–Crippen LogP) is 2.58. The summed E-state index contributed by atoms with van der Waals surface area (Å²) in [7, 11) is 0. The molecular weight excluding hydrogens is 324 g/mol. The molecule has 6 heteroatoms. The van der Waals surface area contributed by atoms with E-state index in [4.69, 9.17) is 10.2 Å². The van der Waals surface area contributed by atoms with E-state index in [0.717, 1.165) is 62.2 Å². The molecule has 2 aliphatic rings. The normalized spacial score (nSPS) is 17.5. The lowest BCUT2D eigenvalue weighted by atomic mass is 10.1. The van der Waals surface area contributed by atoms with E-state index >= 15 is 0 Å². The molecule has 0 atom stereocenters. The minimum atomic E-state index is 0.750. The summed E-state index contributed by atoms with van der Waals surface area (Å²) in [5, 5.41) is 9.09. The number of hydrogen-bond donors (Lipinski definition) is 0. The summed E-state index contributed by atoms with van der Waals surface area (Å²) in [6.45, 7) is 7.87. The van der Waals surface area contributed by atoms with Gasteiger partial charge < -0.3 is 14.7 Å². The number of nitriles is 1. The third-order valence-electron chi connectivity index (χ3n) is 5.32. The van der Waals surface area contributed by atoms with Crippen molar-refractivity contribution >= 4 is 17.5 Å².